The van der Waals surface area contributed by atoms with Gasteiger partial charge in [0.05, 0.1) is 6.61 Å². The van der Waals surface area contributed by atoms with Gasteiger partial charge in [-0.15, -0.1) is 0 Å². The highest BCUT2D eigenvalue weighted by atomic mass is 35.6. The van der Waals surface area contributed by atoms with E-state index in [0.717, 1.165) is 5.69 Å². The Labute approximate surface area is 126 Å². The first-order valence-corrected chi connectivity index (χ1v) is 6.83. The van der Waals surface area contributed by atoms with Gasteiger partial charge >= 0.3 is 0 Å². The molecule has 18 heavy (non-hydrogen) atoms. The number of rotatable bonds is 1. The van der Waals surface area contributed by atoms with E-state index in [1.54, 1.807) is 4.90 Å². The minimum absolute atomic E-state index is 0.481. The molecular formula is C11H11Cl3N2OS. The summed E-state index contributed by atoms with van der Waals surface area (Å²) in [4.78, 5) is 1.73. The van der Waals surface area contributed by atoms with Crippen molar-refractivity contribution < 1.29 is 4.74 Å². The van der Waals surface area contributed by atoms with E-state index in [4.69, 9.17) is 51.8 Å². The second kappa shape index (κ2) is 5.80. The average molecular weight is 326 g/mol. The van der Waals surface area contributed by atoms with Crippen molar-refractivity contribution in [1.82, 2.24) is 4.90 Å². The quantitative estimate of drug-likeness (QED) is 0.632. The number of thiocarbonyl (C=S) groups is 1. The summed E-state index contributed by atoms with van der Waals surface area (Å²) in [5.74, 6) is 0. The van der Waals surface area contributed by atoms with Gasteiger partial charge in [0.1, 0.15) is 0 Å². The second-order valence-corrected chi connectivity index (χ2v) is 6.51. The maximum Gasteiger partial charge on any atom is 0.234 e. The van der Waals surface area contributed by atoms with Crippen molar-refractivity contribution in [2.75, 3.05) is 18.5 Å². The topological polar surface area (TPSA) is 24.5 Å². The van der Waals surface area contributed by atoms with Gasteiger partial charge in [-0.1, -0.05) is 53.0 Å². The molecule has 0 saturated carbocycles. The minimum Gasteiger partial charge on any atom is -0.352 e. The van der Waals surface area contributed by atoms with E-state index >= 15 is 0 Å². The molecule has 1 fully saturated rings. The maximum atomic E-state index is 5.86. The van der Waals surface area contributed by atoms with Gasteiger partial charge in [0.2, 0.25) is 3.79 Å². The van der Waals surface area contributed by atoms with Gasteiger partial charge < -0.3 is 15.0 Å². The average Bonchev–Trinajstić information content (AvgIpc) is 2.79. The van der Waals surface area contributed by atoms with Gasteiger partial charge in [-0.25, -0.2) is 0 Å². The van der Waals surface area contributed by atoms with Crippen LogP contribution < -0.4 is 5.32 Å². The van der Waals surface area contributed by atoms with Crippen molar-refractivity contribution in [3.05, 3.63) is 30.3 Å². The lowest BCUT2D eigenvalue weighted by Crippen LogP contribution is -2.45. The molecule has 1 unspecified atom stereocenters. The van der Waals surface area contributed by atoms with Crippen LogP contribution in [0.4, 0.5) is 5.69 Å². The summed E-state index contributed by atoms with van der Waals surface area (Å²) in [6.07, 6.45) is -0.661. The van der Waals surface area contributed by atoms with Gasteiger partial charge in [-0.3, -0.25) is 0 Å². The third-order valence-corrected chi connectivity index (χ3v) is 3.35. The third-order valence-electron chi connectivity index (χ3n) is 2.46. The Kier molecular flexibility index (Phi) is 4.56. The van der Waals surface area contributed by atoms with Crippen molar-refractivity contribution in [3.8, 4) is 0 Å². The number of alkyl halides is 3. The van der Waals surface area contributed by atoms with E-state index in [9.17, 15) is 0 Å². The summed E-state index contributed by atoms with van der Waals surface area (Å²) < 4.78 is 3.86. The highest BCUT2D eigenvalue weighted by molar-refractivity contribution is 7.80. The summed E-state index contributed by atoms with van der Waals surface area (Å²) in [6.45, 7) is 1.08. The van der Waals surface area contributed by atoms with E-state index in [2.05, 4.69) is 5.32 Å². The molecule has 2 rings (SSSR count). The first-order valence-electron chi connectivity index (χ1n) is 5.29. The molecule has 0 radical (unpaired) electrons. The summed E-state index contributed by atoms with van der Waals surface area (Å²) in [5.41, 5.74) is 0.887. The molecule has 1 aromatic rings. The molecule has 7 heteroatoms. The van der Waals surface area contributed by atoms with Gasteiger partial charge in [0.25, 0.3) is 0 Å². The minimum atomic E-state index is -1.53. The van der Waals surface area contributed by atoms with Gasteiger partial charge in [-0.2, -0.15) is 0 Å². The Morgan fingerprint density at radius 2 is 2.00 bits per heavy atom. The van der Waals surface area contributed by atoms with E-state index in [-0.39, 0.29) is 0 Å². The zero-order valence-electron chi connectivity index (χ0n) is 9.28. The number of hydrogen-bond acceptors (Lipinski definition) is 2. The number of benzene rings is 1. The van der Waals surface area contributed by atoms with Crippen molar-refractivity contribution in [3.63, 3.8) is 0 Å². The highest BCUT2D eigenvalue weighted by Gasteiger charge is 2.42. The van der Waals surface area contributed by atoms with Gasteiger partial charge in [0, 0.05) is 12.2 Å². The Hall–Kier alpha value is -0.260. The van der Waals surface area contributed by atoms with Crippen molar-refractivity contribution >= 4 is 57.8 Å². The monoisotopic (exact) mass is 324 g/mol. The molecule has 0 aromatic heterocycles. The number of nitrogens with zero attached hydrogens (tertiary/aromatic N) is 1. The molecule has 1 aliphatic rings. The fraction of sp³-hybridized carbons (Fsp3) is 0.364. The largest absolute Gasteiger partial charge is 0.352 e. The van der Waals surface area contributed by atoms with Crippen LogP contribution in [0.2, 0.25) is 0 Å². The predicted octanol–water partition coefficient (Wildman–Crippen LogP) is 3.41. The van der Waals surface area contributed by atoms with Crippen LogP contribution in [0.3, 0.4) is 0 Å². The lowest BCUT2D eigenvalue weighted by atomic mass is 10.3. The lowest BCUT2D eigenvalue weighted by Gasteiger charge is -2.30. The number of anilines is 1. The lowest BCUT2D eigenvalue weighted by molar-refractivity contribution is 0.0680. The summed E-state index contributed by atoms with van der Waals surface area (Å²) in [7, 11) is 0. The predicted molar refractivity (Wildman–Crippen MR) is 79.4 cm³/mol. The van der Waals surface area contributed by atoms with Crippen LogP contribution >= 0.6 is 47.0 Å². The van der Waals surface area contributed by atoms with Crippen LogP contribution in [0.25, 0.3) is 0 Å². The van der Waals surface area contributed by atoms with Crippen LogP contribution in [0.5, 0.6) is 0 Å². The highest BCUT2D eigenvalue weighted by Crippen LogP contribution is 2.36. The molecule has 3 nitrogen and oxygen atoms in total. The standard InChI is InChI=1S/C11H11Cl3N2OS/c12-11(13,14)9-16(6-7-17-9)10(18)15-8-4-2-1-3-5-8/h1-5,9H,6-7H2,(H,15,18). The Bertz CT molecular complexity index is 424. The first kappa shape index (κ1) is 14.2. The SMILES string of the molecule is S=C(Nc1ccccc1)N1CCOC1C(Cl)(Cl)Cl. The van der Waals surface area contributed by atoms with E-state index in [1.165, 1.54) is 0 Å². The van der Waals surface area contributed by atoms with E-state index < -0.39 is 10.0 Å². The van der Waals surface area contributed by atoms with Crippen LogP contribution in [0, 0.1) is 0 Å². The number of halogens is 3. The van der Waals surface area contributed by atoms with E-state index in [1.807, 2.05) is 30.3 Å². The van der Waals surface area contributed by atoms with Crippen LogP contribution in [0.15, 0.2) is 30.3 Å². The maximum absolute atomic E-state index is 5.86. The molecule has 0 spiro atoms. The molecule has 98 valence electrons. The van der Waals surface area contributed by atoms with Gasteiger partial charge in [-0.05, 0) is 24.4 Å². The fourth-order valence-corrected chi connectivity index (χ4v) is 2.51. The van der Waals surface area contributed by atoms with E-state index in [0.29, 0.717) is 18.3 Å². The molecule has 0 aliphatic carbocycles. The smallest absolute Gasteiger partial charge is 0.234 e. The van der Waals surface area contributed by atoms with Crippen molar-refractivity contribution in [2.45, 2.75) is 10.0 Å². The zero-order valence-corrected chi connectivity index (χ0v) is 12.4. The first-order chi connectivity index (χ1) is 8.48. The molecule has 1 heterocycles. The number of ether oxygens (including phenoxy) is 1. The summed E-state index contributed by atoms with van der Waals surface area (Å²) in [6, 6.07) is 9.58. The fourth-order valence-electron chi connectivity index (χ4n) is 1.67. The molecule has 0 amide bonds. The third kappa shape index (κ3) is 3.39. The Morgan fingerprint density at radius 3 is 2.61 bits per heavy atom. The molecule has 1 saturated heterocycles. The molecule has 0 bridgehead atoms. The summed E-state index contributed by atoms with van der Waals surface area (Å²) in [5, 5.41) is 3.57. The number of nitrogens with one attached hydrogen (secondary N) is 1. The summed E-state index contributed by atoms with van der Waals surface area (Å²) >= 11 is 22.9. The Balaban J connectivity index is 2.05. The molecule has 1 N–H and O–H groups in total. The van der Waals surface area contributed by atoms with Crippen molar-refractivity contribution in [2.24, 2.45) is 0 Å². The van der Waals surface area contributed by atoms with Crippen LogP contribution in [0.1, 0.15) is 0 Å². The van der Waals surface area contributed by atoms with Crippen LogP contribution in [-0.4, -0.2) is 33.2 Å². The zero-order chi connectivity index (χ0) is 13.2. The molecule has 1 aromatic carbocycles. The molecule has 1 atom stereocenters. The normalized spacial score (nSPS) is 19.9. The molecule has 1 aliphatic heterocycles. The van der Waals surface area contributed by atoms with Crippen LogP contribution in [-0.2, 0) is 4.74 Å². The van der Waals surface area contributed by atoms with Gasteiger partial charge in [0.15, 0.2) is 11.3 Å². The Morgan fingerprint density at radius 1 is 1.33 bits per heavy atom. The van der Waals surface area contributed by atoms with Crippen molar-refractivity contribution in [1.29, 1.82) is 0 Å². The second-order valence-electron chi connectivity index (χ2n) is 3.75. The number of hydrogen-bond donors (Lipinski definition) is 1. The molecular weight excluding hydrogens is 315 g/mol. The number of para-hydroxylation sites is 1.